The van der Waals surface area contributed by atoms with Crippen LogP contribution in [0.2, 0.25) is 0 Å². The second kappa shape index (κ2) is 3.99. The Kier molecular flexibility index (Phi) is 2.90. The van der Waals surface area contributed by atoms with Crippen molar-refractivity contribution in [1.82, 2.24) is 9.78 Å². The van der Waals surface area contributed by atoms with Crippen LogP contribution in [0.4, 0.5) is 13.2 Å². The molecule has 1 aromatic heterocycles. The van der Waals surface area contributed by atoms with E-state index in [1.165, 1.54) is 10.9 Å². The van der Waals surface area contributed by atoms with Crippen LogP contribution in [0.15, 0.2) is 18.5 Å². The third kappa shape index (κ3) is 2.61. The summed E-state index contributed by atoms with van der Waals surface area (Å²) in [6, 6.07) is 1.08. The van der Waals surface area contributed by atoms with Crippen LogP contribution in [0.1, 0.15) is 19.4 Å². The van der Waals surface area contributed by atoms with Gasteiger partial charge in [0.15, 0.2) is 0 Å². The molecule has 7 heteroatoms. The summed E-state index contributed by atoms with van der Waals surface area (Å²) in [6.07, 6.45) is -1.73. The summed E-state index contributed by atoms with van der Waals surface area (Å²) in [6.45, 7) is 0.262. The molecule has 0 aliphatic heterocycles. The average Bonchev–Trinajstić information content (AvgIpc) is 2.63. The first-order valence-electron chi connectivity index (χ1n) is 5.19. The van der Waals surface area contributed by atoms with Gasteiger partial charge < -0.3 is 9.84 Å². The minimum Gasteiger partial charge on any atom is -0.388 e. The number of alkyl halides is 3. The number of hydrogen-bond acceptors (Lipinski definition) is 3. The lowest BCUT2D eigenvalue weighted by molar-refractivity contribution is -0.234. The van der Waals surface area contributed by atoms with Crippen LogP contribution in [0, 0.1) is 0 Å². The highest BCUT2D eigenvalue weighted by molar-refractivity contribution is 5.05. The van der Waals surface area contributed by atoms with E-state index in [9.17, 15) is 18.3 Å². The molecule has 4 nitrogen and oxygen atoms in total. The lowest BCUT2D eigenvalue weighted by Crippen LogP contribution is -2.57. The van der Waals surface area contributed by atoms with Gasteiger partial charge in [0.2, 0.25) is 0 Å². The monoisotopic (exact) mass is 250 g/mol. The highest BCUT2D eigenvalue weighted by Gasteiger charge is 2.53. The fourth-order valence-corrected chi connectivity index (χ4v) is 2.13. The molecule has 0 bridgehead atoms. The van der Waals surface area contributed by atoms with E-state index in [1.807, 2.05) is 0 Å². The first-order chi connectivity index (χ1) is 7.80. The van der Waals surface area contributed by atoms with Crippen LogP contribution >= 0.6 is 0 Å². The van der Waals surface area contributed by atoms with E-state index < -0.39 is 30.5 Å². The largest absolute Gasteiger partial charge is 0.411 e. The molecule has 17 heavy (non-hydrogen) atoms. The van der Waals surface area contributed by atoms with Gasteiger partial charge in [-0.1, -0.05) is 0 Å². The van der Waals surface area contributed by atoms with Crippen LogP contribution in [-0.4, -0.2) is 39.4 Å². The van der Waals surface area contributed by atoms with Gasteiger partial charge >= 0.3 is 6.18 Å². The zero-order valence-electron chi connectivity index (χ0n) is 9.18. The van der Waals surface area contributed by atoms with Gasteiger partial charge in [-0.15, -0.1) is 0 Å². The molecule has 1 aliphatic carbocycles. The molecule has 96 valence electrons. The van der Waals surface area contributed by atoms with Crippen molar-refractivity contribution in [1.29, 1.82) is 0 Å². The van der Waals surface area contributed by atoms with Gasteiger partial charge in [-0.05, 0) is 13.0 Å². The molecule has 3 unspecified atom stereocenters. The highest BCUT2D eigenvalue weighted by atomic mass is 19.4. The molecule has 3 atom stereocenters. The van der Waals surface area contributed by atoms with Crippen LogP contribution in [0.5, 0.6) is 0 Å². The molecule has 1 N–H and O–H groups in total. The second-order valence-corrected chi connectivity index (χ2v) is 4.46. The molecule has 0 aromatic carbocycles. The Morgan fingerprint density at radius 3 is 2.76 bits per heavy atom. The number of aliphatic hydroxyl groups is 1. The van der Waals surface area contributed by atoms with Gasteiger partial charge in [0, 0.05) is 18.8 Å². The summed E-state index contributed by atoms with van der Waals surface area (Å²) in [7, 11) is 0. The van der Waals surface area contributed by atoms with E-state index in [-0.39, 0.29) is 6.42 Å². The minimum absolute atomic E-state index is 0.174. The SMILES string of the molecule is CC1(O)CC(OCC(F)(F)F)C1n1cccn1. The Labute approximate surface area is 96.0 Å². The summed E-state index contributed by atoms with van der Waals surface area (Å²) < 4.78 is 42.3. The van der Waals surface area contributed by atoms with Gasteiger partial charge in [0.1, 0.15) is 12.6 Å². The van der Waals surface area contributed by atoms with Gasteiger partial charge in [-0.3, -0.25) is 4.68 Å². The fourth-order valence-electron chi connectivity index (χ4n) is 2.13. The predicted molar refractivity (Wildman–Crippen MR) is 52.3 cm³/mol. The molecule has 1 aromatic rings. The molecular weight excluding hydrogens is 237 g/mol. The van der Waals surface area contributed by atoms with E-state index >= 15 is 0 Å². The van der Waals surface area contributed by atoms with E-state index in [1.54, 1.807) is 19.2 Å². The maximum absolute atomic E-state index is 12.0. The van der Waals surface area contributed by atoms with Crippen LogP contribution in [0.25, 0.3) is 0 Å². The summed E-state index contributed by atoms with van der Waals surface area (Å²) in [4.78, 5) is 0. The molecule has 2 rings (SSSR count). The second-order valence-electron chi connectivity index (χ2n) is 4.46. The molecular formula is C10H13F3N2O2. The van der Waals surface area contributed by atoms with Crippen molar-refractivity contribution in [3.05, 3.63) is 18.5 Å². The number of nitrogens with zero attached hydrogens (tertiary/aromatic N) is 2. The number of ether oxygens (including phenoxy) is 1. The van der Waals surface area contributed by atoms with Crippen molar-refractivity contribution < 1.29 is 23.0 Å². The number of halogens is 3. The quantitative estimate of drug-likeness (QED) is 0.884. The van der Waals surface area contributed by atoms with Gasteiger partial charge in [0.25, 0.3) is 0 Å². The van der Waals surface area contributed by atoms with Crippen molar-refractivity contribution in [2.45, 2.75) is 37.3 Å². The van der Waals surface area contributed by atoms with Gasteiger partial charge in [-0.25, -0.2) is 0 Å². The number of rotatable bonds is 3. The third-order valence-corrected chi connectivity index (χ3v) is 2.87. The van der Waals surface area contributed by atoms with Crippen LogP contribution in [-0.2, 0) is 4.74 Å². The van der Waals surface area contributed by atoms with Gasteiger partial charge in [-0.2, -0.15) is 18.3 Å². The zero-order valence-corrected chi connectivity index (χ0v) is 9.18. The van der Waals surface area contributed by atoms with E-state index in [2.05, 4.69) is 5.10 Å². The van der Waals surface area contributed by atoms with Crippen molar-refractivity contribution >= 4 is 0 Å². The Hall–Kier alpha value is -1.08. The van der Waals surface area contributed by atoms with Crippen molar-refractivity contribution in [2.75, 3.05) is 6.61 Å². The molecule has 0 amide bonds. The van der Waals surface area contributed by atoms with E-state index in [0.29, 0.717) is 0 Å². The first kappa shape index (κ1) is 12.4. The molecule has 1 heterocycles. The summed E-state index contributed by atoms with van der Waals surface area (Å²) in [5.74, 6) is 0. The molecule has 1 saturated carbocycles. The zero-order chi connectivity index (χ0) is 12.7. The van der Waals surface area contributed by atoms with Gasteiger partial charge in [0.05, 0.1) is 11.7 Å². The summed E-state index contributed by atoms with van der Waals surface area (Å²) in [5, 5.41) is 13.8. The maximum Gasteiger partial charge on any atom is 0.411 e. The van der Waals surface area contributed by atoms with Crippen molar-refractivity contribution in [2.24, 2.45) is 0 Å². The maximum atomic E-state index is 12.0. The smallest absolute Gasteiger partial charge is 0.388 e. The topological polar surface area (TPSA) is 47.3 Å². The van der Waals surface area contributed by atoms with Crippen molar-refractivity contribution in [3.8, 4) is 0 Å². The molecule has 1 aliphatic rings. The average molecular weight is 250 g/mol. The van der Waals surface area contributed by atoms with Crippen LogP contribution in [0.3, 0.4) is 0 Å². The number of hydrogen-bond donors (Lipinski definition) is 1. The third-order valence-electron chi connectivity index (χ3n) is 2.87. The predicted octanol–water partition coefficient (Wildman–Crippen LogP) is 1.53. The first-order valence-corrected chi connectivity index (χ1v) is 5.19. The lowest BCUT2D eigenvalue weighted by atomic mass is 9.73. The Balaban J connectivity index is 2.01. The summed E-state index contributed by atoms with van der Waals surface area (Å²) >= 11 is 0. The Morgan fingerprint density at radius 1 is 1.59 bits per heavy atom. The molecule has 1 fully saturated rings. The molecule has 0 saturated heterocycles. The van der Waals surface area contributed by atoms with Crippen LogP contribution < -0.4 is 0 Å². The molecule has 0 spiro atoms. The fraction of sp³-hybridized carbons (Fsp3) is 0.700. The standard InChI is InChI=1S/C10H13F3N2O2/c1-9(16)5-7(17-6-10(11,12)13)8(9)15-4-2-3-14-15/h2-4,7-8,16H,5-6H2,1H3. The minimum atomic E-state index is -4.35. The highest BCUT2D eigenvalue weighted by Crippen LogP contribution is 2.44. The van der Waals surface area contributed by atoms with Crippen molar-refractivity contribution in [3.63, 3.8) is 0 Å². The Bertz CT molecular complexity index is 375. The lowest BCUT2D eigenvalue weighted by Gasteiger charge is -2.49. The summed E-state index contributed by atoms with van der Waals surface area (Å²) in [5.41, 5.74) is -1.08. The van der Waals surface area contributed by atoms with E-state index in [0.717, 1.165) is 0 Å². The molecule has 0 radical (unpaired) electrons. The Morgan fingerprint density at radius 2 is 2.29 bits per heavy atom. The number of aromatic nitrogens is 2. The van der Waals surface area contributed by atoms with E-state index in [4.69, 9.17) is 4.74 Å². The normalized spacial score (nSPS) is 33.5.